The molecule has 4 rings (SSSR count). The molecule has 12 heteroatoms. The van der Waals surface area contributed by atoms with Crippen LogP contribution < -0.4 is 5.32 Å². The summed E-state index contributed by atoms with van der Waals surface area (Å²) in [7, 11) is 0. The molecule has 2 aromatic heterocycles. The van der Waals surface area contributed by atoms with E-state index in [0.717, 1.165) is 0 Å². The number of amides is 1. The second kappa shape index (κ2) is 7.81. The minimum absolute atomic E-state index is 0.195. The Balaban J connectivity index is 1.66. The van der Waals surface area contributed by atoms with Crippen LogP contribution in [-0.2, 0) is 4.74 Å². The first-order valence-electron chi connectivity index (χ1n) is 8.66. The molecule has 0 bridgehead atoms. The number of imidazole rings is 1. The number of carbonyl (C=O) groups excluding carboxylic acids is 1. The Bertz CT molecular complexity index is 1080. The third kappa shape index (κ3) is 3.37. The summed E-state index contributed by atoms with van der Waals surface area (Å²) in [6.45, 7) is -0.433. The van der Waals surface area contributed by atoms with Crippen LogP contribution in [0.4, 0.5) is 5.82 Å². The maximum Gasteiger partial charge on any atom is 0.256 e. The second-order valence-corrected chi connectivity index (χ2v) is 6.30. The largest absolute Gasteiger partial charge is 0.394 e. The normalized spacial score (nSPS) is 23.7. The highest BCUT2D eigenvalue weighted by atomic mass is 16.5. The number of nitrogens with one attached hydrogen (secondary N) is 1. The topological polar surface area (TPSA) is 171 Å². The molecule has 4 atom stereocenters. The molecule has 0 spiro atoms. The molecule has 3 N–H and O–H groups in total. The first kappa shape index (κ1) is 18.8. The summed E-state index contributed by atoms with van der Waals surface area (Å²) in [5, 5.41) is 26.2. The highest BCUT2D eigenvalue weighted by molar-refractivity contribution is 6.06. The van der Waals surface area contributed by atoms with Crippen LogP contribution >= 0.6 is 0 Å². The number of rotatable bonds is 5. The van der Waals surface area contributed by atoms with Crippen LogP contribution in [-0.4, -0.2) is 60.5 Å². The van der Waals surface area contributed by atoms with E-state index >= 15 is 0 Å². The van der Waals surface area contributed by atoms with Gasteiger partial charge in [0.25, 0.3) is 5.91 Å². The number of nitrogens with zero attached hydrogens (tertiary/aromatic N) is 7. The number of fused-ring (bicyclic) bond motifs is 1. The molecule has 0 unspecified atom stereocenters. The van der Waals surface area contributed by atoms with Gasteiger partial charge in [0.1, 0.15) is 12.4 Å². The Morgan fingerprint density at radius 2 is 2.10 bits per heavy atom. The van der Waals surface area contributed by atoms with E-state index in [1.54, 1.807) is 30.3 Å². The summed E-state index contributed by atoms with van der Waals surface area (Å²) in [6.07, 6.45) is -0.463. The minimum atomic E-state index is -1.22. The zero-order valence-electron chi connectivity index (χ0n) is 14.9. The maximum absolute atomic E-state index is 12.4. The van der Waals surface area contributed by atoms with Crippen molar-refractivity contribution in [2.75, 3.05) is 11.9 Å². The van der Waals surface area contributed by atoms with Gasteiger partial charge in [-0.1, -0.05) is 23.3 Å². The molecule has 12 nitrogen and oxygen atoms in total. The third-order valence-electron chi connectivity index (χ3n) is 4.60. The van der Waals surface area contributed by atoms with Crippen molar-refractivity contribution in [2.24, 2.45) is 5.11 Å². The van der Waals surface area contributed by atoms with Crippen LogP contribution in [0, 0.1) is 0 Å². The third-order valence-corrected chi connectivity index (χ3v) is 4.60. The highest BCUT2D eigenvalue weighted by Gasteiger charge is 2.44. The van der Waals surface area contributed by atoms with E-state index in [4.69, 9.17) is 10.3 Å². The van der Waals surface area contributed by atoms with Crippen molar-refractivity contribution in [1.82, 2.24) is 19.5 Å². The van der Waals surface area contributed by atoms with Gasteiger partial charge in [-0.05, 0) is 17.7 Å². The van der Waals surface area contributed by atoms with Crippen molar-refractivity contribution < 1.29 is 19.7 Å². The smallest absolute Gasteiger partial charge is 0.256 e. The summed E-state index contributed by atoms with van der Waals surface area (Å²) in [6, 6.07) is 7.66. The number of hydrogen-bond donors (Lipinski definition) is 3. The fraction of sp³-hybridized carbons (Fsp3) is 0.294. The fourth-order valence-electron chi connectivity index (χ4n) is 3.21. The summed E-state index contributed by atoms with van der Waals surface area (Å²) in [4.78, 5) is 27.6. The van der Waals surface area contributed by atoms with Gasteiger partial charge in [0.05, 0.1) is 25.1 Å². The van der Waals surface area contributed by atoms with E-state index in [1.807, 2.05) is 0 Å². The fourth-order valence-corrected chi connectivity index (χ4v) is 3.21. The SMILES string of the molecule is [N-]=[N+]=N[C@H]1[C@@H](O)[C@H](n2cnc3c(NC(=O)c4ccccc4)ncnc32)O[C@@H]1CO. The number of aliphatic hydroxyl groups is 2. The van der Waals surface area contributed by atoms with Crippen LogP contribution in [0.5, 0.6) is 0 Å². The molecule has 1 saturated heterocycles. The molecule has 1 amide bonds. The van der Waals surface area contributed by atoms with E-state index in [9.17, 15) is 15.0 Å². The Labute approximate surface area is 163 Å². The van der Waals surface area contributed by atoms with Gasteiger partial charge in [-0.15, -0.1) is 0 Å². The van der Waals surface area contributed by atoms with Crippen LogP contribution in [0.3, 0.4) is 0 Å². The molecule has 1 aliphatic heterocycles. The van der Waals surface area contributed by atoms with Crippen molar-refractivity contribution in [1.29, 1.82) is 0 Å². The molecular formula is C17H16N8O4. The number of carbonyl (C=O) groups is 1. The van der Waals surface area contributed by atoms with E-state index in [-0.39, 0.29) is 11.7 Å². The average Bonchev–Trinajstić information content (AvgIpc) is 3.31. The second-order valence-electron chi connectivity index (χ2n) is 6.30. The maximum atomic E-state index is 12.4. The molecule has 148 valence electrons. The van der Waals surface area contributed by atoms with Gasteiger partial charge in [0, 0.05) is 10.5 Å². The predicted octanol–water partition coefficient (Wildman–Crippen LogP) is 1.01. The van der Waals surface area contributed by atoms with Crippen molar-refractivity contribution in [3.8, 4) is 0 Å². The summed E-state index contributed by atoms with van der Waals surface area (Å²) >= 11 is 0. The molecule has 0 aliphatic carbocycles. The Morgan fingerprint density at radius 3 is 2.83 bits per heavy atom. The van der Waals surface area contributed by atoms with Gasteiger partial charge in [-0.3, -0.25) is 9.36 Å². The van der Waals surface area contributed by atoms with E-state index in [2.05, 4.69) is 30.3 Å². The Hall–Kier alpha value is -3.57. The predicted molar refractivity (Wildman–Crippen MR) is 99.7 cm³/mol. The number of benzene rings is 1. The molecule has 1 aromatic carbocycles. The van der Waals surface area contributed by atoms with E-state index in [0.29, 0.717) is 16.7 Å². The van der Waals surface area contributed by atoms with Gasteiger partial charge < -0.3 is 20.3 Å². The lowest BCUT2D eigenvalue weighted by Gasteiger charge is -2.16. The number of aliphatic hydroxyl groups excluding tert-OH is 2. The highest BCUT2D eigenvalue weighted by Crippen LogP contribution is 2.33. The van der Waals surface area contributed by atoms with Crippen LogP contribution in [0.2, 0.25) is 0 Å². The molecule has 3 heterocycles. The van der Waals surface area contributed by atoms with Crippen molar-refractivity contribution in [2.45, 2.75) is 24.5 Å². The van der Waals surface area contributed by atoms with Crippen molar-refractivity contribution >= 4 is 22.9 Å². The van der Waals surface area contributed by atoms with Crippen LogP contribution in [0.1, 0.15) is 16.6 Å². The summed E-state index contributed by atoms with van der Waals surface area (Å²) < 4.78 is 7.08. The van der Waals surface area contributed by atoms with Crippen molar-refractivity contribution in [3.05, 3.63) is 59.0 Å². The standard InChI is InChI=1S/C17H16N8O4/c18-24-23-11-10(6-26)29-17(13(11)27)25-8-21-12-14(19-7-20-15(12)25)22-16(28)9-4-2-1-3-5-9/h1-5,7-8,10-11,13,17,26-27H,6H2,(H,19,20,22,28)/t10-,11-,13-,17-/m1/s1. The summed E-state index contributed by atoms with van der Waals surface area (Å²) in [5.74, 6) is -0.165. The molecule has 0 saturated carbocycles. The zero-order valence-corrected chi connectivity index (χ0v) is 14.9. The average molecular weight is 396 g/mol. The number of hydrogen-bond acceptors (Lipinski definition) is 8. The molecule has 3 aromatic rings. The zero-order chi connectivity index (χ0) is 20.4. The number of aromatic nitrogens is 4. The van der Waals surface area contributed by atoms with Gasteiger partial charge in [-0.2, -0.15) is 0 Å². The Morgan fingerprint density at radius 1 is 1.31 bits per heavy atom. The van der Waals surface area contributed by atoms with Gasteiger partial charge in [0.15, 0.2) is 23.2 Å². The number of anilines is 1. The first-order chi connectivity index (χ1) is 14.1. The lowest BCUT2D eigenvalue weighted by Crippen LogP contribution is -2.31. The molecule has 29 heavy (non-hydrogen) atoms. The van der Waals surface area contributed by atoms with Gasteiger partial charge in [-0.25, -0.2) is 15.0 Å². The summed E-state index contributed by atoms with van der Waals surface area (Å²) in [5.41, 5.74) is 9.73. The minimum Gasteiger partial charge on any atom is -0.394 e. The Kier molecular flexibility index (Phi) is 5.06. The van der Waals surface area contributed by atoms with Crippen LogP contribution in [0.25, 0.3) is 21.6 Å². The van der Waals surface area contributed by atoms with Crippen LogP contribution in [0.15, 0.2) is 48.1 Å². The number of ether oxygens (including phenoxy) is 1. The monoisotopic (exact) mass is 396 g/mol. The molecule has 1 aliphatic rings. The number of azide groups is 1. The quantitative estimate of drug-likeness (QED) is 0.328. The lowest BCUT2D eigenvalue weighted by molar-refractivity contribution is -0.0488. The molecular weight excluding hydrogens is 380 g/mol. The lowest BCUT2D eigenvalue weighted by atomic mass is 10.1. The van der Waals surface area contributed by atoms with Gasteiger partial charge >= 0.3 is 0 Å². The van der Waals surface area contributed by atoms with E-state index < -0.39 is 31.1 Å². The molecule has 0 radical (unpaired) electrons. The van der Waals surface area contributed by atoms with Crippen molar-refractivity contribution in [3.63, 3.8) is 0 Å². The first-order valence-corrected chi connectivity index (χ1v) is 8.66. The van der Waals surface area contributed by atoms with Gasteiger partial charge in [0.2, 0.25) is 0 Å². The van der Waals surface area contributed by atoms with E-state index in [1.165, 1.54) is 17.2 Å². The molecule has 1 fully saturated rings.